The van der Waals surface area contributed by atoms with Gasteiger partial charge in [-0.2, -0.15) is 0 Å². The van der Waals surface area contributed by atoms with Crippen LogP contribution < -0.4 is 11.1 Å². The summed E-state index contributed by atoms with van der Waals surface area (Å²) in [5.41, 5.74) is 7.45. The summed E-state index contributed by atoms with van der Waals surface area (Å²) in [6.07, 6.45) is 0. The molecule has 0 aliphatic carbocycles. The maximum Gasteiger partial charge on any atom is 0.265 e. The number of nitrogens with one attached hydrogen (secondary N) is 1. The standard InChI is InChI=1S/C16H13FN2OS/c1-9-2-4-12(17)13(6-9)19-16(20)15-8-10-7-11(18)3-5-14(10)21-15/h2-8H,18H2,1H3,(H,19,20). The summed E-state index contributed by atoms with van der Waals surface area (Å²) in [5.74, 6) is -0.765. The zero-order valence-corrected chi connectivity index (χ0v) is 12.1. The molecule has 5 heteroatoms. The zero-order chi connectivity index (χ0) is 15.0. The molecule has 1 aromatic heterocycles. The average molecular weight is 300 g/mol. The van der Waals surface area contributed by atoms with E-state index in [-0.39, 0.29) is 11.6 Å². The van der Waals surface area contributed by atoms with Gasteiger partial charge in [-0.15, -0.1) is 11.3 Å². The van der Waals surface area contributed by atoms with Crippen molar-refractivity contribution in [3.05, 3.63) is 58.7 Å². The molecular weight excluding hydrogens is 287 g/mol. The Balaban J connectivity index is 1.91. The topological polar surface area (TPSA) is 55.1 Å². The lowest BCUT2D eigenvalue weighted by Crippen LogP contribution is -2.11. The highest BCUT2D eigenvalue weighted by Gasteiger charge is 2.13. The summed E-state index contributed by atoms with van der Waals surface area (Å²) in [5, 5.41) is 3.52. The lowest BCUT2D eigenvalue weighted by Gasteiger charge is -2.05. The van der Waals surface area contributed by atoms with Crippen LogP contribution in [0.2, 0.25) is 0 Å². The minimum atomic E-state index is -0.445. The summed E-state index contributed by atoms with van der Waals surface area (Å²) in [4.78, 5) is 12.8. The molecule has 0 aliphatic rings. The first-order valence-corrected chi connectivity index (χ1v) is 7.21. The molecule has 3 N–H and O–H groups in total. The Hall–Kier alpha value is -2.40. The van der Waals surface area contributed by atoms with Gasteiger partial charge >= 0.3 is 0 Å². The molecule has 3 rings (SSSR count). The Morgan fingerprint density at radius 3 is 2.81 bits per heavy atom. The van der Waals surface area contributed by atoms with E-state index in [9.17, 15) is 9.18 Å². The van der Waals surface area contributed by atoms with Crippen molar-refractivity contribution >= 4 is 38.7 Å². The Bertz CT molecular complexity index is 841. The van der Waals surface area contributed by atoms with E-state index in [1.54, 1.807) is 24.3 Å². The van der Waals surface area contributed by atoms with E-state index >= 15 is 0 Å². The van der Waals surface area contributed by atoms with E-state index in [1.165, 1.54) is 17.4 Å². The van der Waals surface area contributed by atoms with Crippen LogP contribution in [0.15, 0.2) is 42.5 Å². The molecule has 1 amide bonds. The molecule has 0 fully saturated rings. The molecule has 0 spiro atoms. The molecule has 0 bridgehead atoms. The molecule has 3 aromatic rings. The van der Waals surface area contributed by atoms with Crippen molar-refractivity contribution in [2.75, 3.05) is 11.1 Å². The Morgan fingerprint density at radius 1 is 1.19 bits per heavy atom. The second kappa shape index (κ2) is 5.18. The Labute approximate surface area is 125 Å². The van der Waals surface area contributed by atoms with Gasteiger partial charge in [0.25, 0.3) is 5.91 Å². The molecule has 2 aromatic carbocycles. The number of rotatable bonds is 2. The minimum Gasteiger partial charge on any atom is -0.399 e. The number of thiophene rings is 1. The van der Waals surface area contributed by atoms with E-state index in [4.69, 9.17) is 5.73 Å². The van der Waals surface area contributed by atoms with Crippen molar-refractivity contribution < 1.29 is 9.18 Å². The number of nitrogen functional groups attached to an aromatic ring is 1. The van der Waals surface area contributed by atoms with Crippen molar-refractivity contribution in [3.8, 4) is 0 Å². The smallest absolute Gasteiger partial charge is 0.265 e. The molecule has 21 heavy (non-hydrogen) atoms. The van der Waals surface area contributed by atoms with E-state index in [0.717, 1.165) is 15.6 Å². The van der Waals surface area contributed by atoms with Gasteiger partial charge in [-0.3, -0.25) is 4.79 Å². The van der Waals surface area contributed by atoms with Gasteiger partial charge in [0.1, 0.15) is 5.82 Å². The summed E-state index contributed by atoms with van der Waals surface area (Å²) < 4.78 is 14.6. The van der Waals surface area contributed by atoms with Crippen molar-refractivity contribution in [1.29, 1.82) is 0 Å². The number of aryl methyl sites for hydroxylation is 1. The lowest BCUT2D eigenvalue weighted by molar-refractivity contribution is 0.103. The highest BCUT2D eigenvalue weighted by Crippen LogP contribution is 2.28. The molecule has 0 saturated heterocycles. The van der Waals surface area contributed by atoms with Crippen LogP contribution in [0, 0.1) is 12.7 Å². The van der Waals surface area contributed by atoms with Crippen LogP contribution in [-0.2, 0) is 0 Å². The summed E-state index contributed by atoms with van der Waals surface area (Å²) in [7, 11) is 0. The molecule has 0 saturated carbocycles. The van der Waals surface area contributed by atoms with E-state index in [2.05, 4.69) is 5.32 Å². The number of carbonyl (C=O) groups is 1. The highest BCUT2D eigenvalue weighted by atomic mass is 32.1. The quantitative estimate of drug-likeness (QED) is 0.697. The first-order valence-electron chi connectivity index (χ1n) is 6.39. The number of fused-ring (bicyclic) bond motifs is 1. The maximum atomic E-state index is 13.7. The largest absolute Gasteiger partial charge is 0.399 e. The van der Waals surface area contributed by atoms with Crippen LogP contribution in [-0.4, -0.2) is 5.91 Å². The molecule has 0 atom stereocenters. The van der Waals surface area contributed by atoms with Crippen LogP contribution in [0.5, 0.6) is 0 Å². The van der Waals surface area contributed by atoms with Crippen LogP contribution in [0.25, 0.3) is 10.1 Å². The minimum absolute atomic E-state index is 0.192. The number of hydrogen-bond donors (Lipinski definition) is 2. The van der Waals surface area contributed by atoms with Gasteiger partial charge in [-0.05, 0) is 54.3 Å². The molecular formula is C16H13FN2OS. The lowest BCUT2D eigenvalue weighted by atomic mass is 10.2. The average Bonchev–Trinajstić information content (AvgIpc) is 2.86. The predicted molar refractivity (Wildman–Crippen MR) is 85.3 cm³/mol. The fourth-order valence-electron chi connectivity index (χ4n) is 2.09. The van der Waals surface area contributed by atoms with Gasteiger partial charge < -0.3 is 11.1 Å². The molecule has 0 unspecified atom stereocenters. The summed E-state index contributed by atoms with van der Waals surface area (Å²) >= 11 is 1.35. The van der Waals surface area contributed by atoms with Crippen molar-refractivity contribution in [3.63, 3.8) is 0 Å². The van der Waals surface area contributed by atoms with Gasteiger partial charge in [0.15, 0.2) is 0 Å². The van der Waals surface area contributed by atoms with Gasteiger partial charge in [-0.25, -0.2) is 4.39 Å². The summed E-state index contributed by atoms with van der Waals surface area (Å²) in [6.45, 7) is 1.84. The van der Waals surface area contributed by atoms with Crippen molar-refractivity contribution in [1.82, 2.24) is 0 Å². The molecule has 0 radical (unpaired) electrons. The molecule has 0 aliphatic heterocycles. The van der Waals surface area contributed by atoms with Gasteiger partial charge in [0.2, 0.25) is 0 Å². The highest BCUT2D eigenvalue weighted by molar-refractivity contribution is 7.20. The third-order valence-corrected chi connectivity index (χ3v) is 4.25. The van der Waals surface area contributed by atoms with Gasteiger partial charge in [0, 0.05) is 10.4 Å². The Morgan fingerprint density at radius 2 is 2.00 bits per heavy atom. The van der Waals surface area contributed by atoms with Gasteiger partial charge in [-0.1, -0.05) is 6.07 Å². The van der Waals surface area contributed by atoms with Crippen molar-refractivity contribution in [2.24, 2.45) is 0 Å². The van der Waals surface area contributed by atoms with Crippen LogP contribution >= 0.6 is 11.3 Å². The van der Waals surface area contributed by atoms with Crippen LogP contribution in [0.3, 0.4) is 0 Å². The van der Waals surface area contributed by atoms with E-state index < -0.39 is 5.82 Å². The second-order valence-corrected chi connectivity index (χ2v) is 5.93. The number of amides is 1. The van der Waals surface area contributed by atoms with E-state index in [1.807, 2.05) is 19.1 Å². The second-order valence-electron chi connectivity index (χ2n) is 4.85. The monoisotopic (exact) mass is 300 g/mol. The maximum absolute atomic E-state index is 13.7. The fraction of sp³-hybridized carbons (Fsp3) is 0.0625. The first-order chi connectivity index (χ1) is 10.0. The Kier molecular flexibility index (Phi) is 3.35. The first kappa shape index (κ1) is 13.6. The van der Waals surface area contributed by atoms with Crippen LogP contribution in [0.1, 0.15) is 15.2 Å². The third kappa shape index (κ3) is 2.73. The van der Waals surface area contributed by atoms with E-state index in [0.29, 0.717) is 10.6 Å². The number of benzene rings is 2. The number of halogens is 1. The molecule has 1 heterocycles. The third-order valence-electron chi connectivity index (χ3n) is 3.13. The predicted octanol–water partition coefficient (Wildman–Crippen LogP) is 4.18. The number of hydrogen-bond acceptors (Lipinski definition) is 3. The number of carbonyl (C=O) groups excluding carboxylic acids is 1. The van der Waals surface area contributed by atoms with Crippen molar-refractivity contribution in [2.45, 2.75) is 6.92 Å². The number of anilines is 2. The normalized spacial score (nSPS) is 10.8. The van der Waals surface area contributed by atoms with Gasteiger partial charge in [0.05, 0.1) is 10.6 Å². The zero-order valence-electron chi connectivity index (χ0n) is 11.3. The SMILES string of the molecule is Cc1ccc(F)c(NC(=O)c2cc3cc(N)ccc3s2)c1. The molecule has 3 nitrogen and oxygen atoms in total. The fourth-order valence-corrected chi connectivity index (χ4v) is 3.03. The molecule has 106 valence electrons. The number of nitrogens with two attached hydrogens (primary N) is 1. The summed E-state index contributed by atoms with van der Waals surface area (Å²) in [6, 6.07) is 11.9. The van der Waals surface area contributed by atoms with Crippen LogP contribution in [0.4, 0.5) is 15.8 Å².